The van der Waals surface area contributed by atoms with E-state index in [2.05, 4.69) is 20.6 Å². The molecule has 0 radical (unpaired) electrons. The van der Waals surface area contributed by atoms with E-state index in [0.29, 0.717) is 23.1 Å². The van der Waals surface area contributed by atoms with E-state index in [9.17, 15) is 4.79 Å². The monoisotopic (exact) mass is 299 g/mol. The summed E-state index contributed by atoms with van der Waals surface area (Å²) in [7, 11) is 1.53. The van der Waals surface area contributed by atoms with Gasteiger partial charge in [-0.1, -0.05) is 0 Å². The highest BCUT2D eigenvalue weighted by atomic mass is 16.5. The maximum absolute atomic E-state index is 11.8. The molecule has 0 fully saturated rings. The van der Waals surface area contributed by atoms with Crippen LogP contribution >= 0.6 is 0 Å². The zero-order valence-corrected chi connectivity index (χ0v) is 11.8. The first-order valence-electron chi connectivity index (χ1n) is 6.51. The molecule has 0 atom stereocenters. The first-order chi connectivity index (χ1) is 10.8. The molecular weight excluding hydrogens is 286 g/mol. The van der Waals surface area contributed by atoms with Crippen molar-refractivity contribution in [2.24, 2.45) is 0 Å². The molecule has 1 amide bonds. The highest BCUT2D eigenvalue weighted by Gasteiger charge is 2.08. The summed E-state index contributed by atoms with van der Waals surface area (Å²) in [5.41, 5.74) is 0.580. The summed E-state index contributed by atoms with van der Waals surface area (Å²) in [6, 6.07) is 6.93. The van der Waals surface area contributed by atoms with Gasteiger partial charge >= 0.3 is 0 Å². The number of furan rings is 1. The molecule has 112 valence electrons. The molecular formula is C14H13N5O3. The average Bonchev–Trinajstić information content (AvgIpc) is 3.19. The molecule has 3 aromatic rings. The summed E-state index contributed by atoms with van der Waals surface area (Å²) in [4.78, 5) is 11.8. The minimum absolute atomic E-state index is 0.197. The van der Waals surface area contributed by atoms with Gasteiger partial charge in [-0.3, -0.25) is 4.79 Å². The number of carbonyl (C=O) groups excluding carboxylic acids is 1. The maximum Gasteiger partial charge on any atom is 0.244 e. The lowest BCUT2D eigenvalue weighted by Crippen LogP contribution is -2.22. The summed E-state index contributed by atoms with van der Waals surface area (Å²) in [6.07, 6.45) is 4.51. The molecule has 0 aliphatic carbocycles. The van der Waals surface area contributed by atoms with Crippen LogP contribution in [0.3, 0.4) is 0 Å². The van der Waals surface area contributed by atoms with Gasteiger partial charge in [0.25, 0.3) is 0 Å². The molecule has 22 heavy (non-hydrogen) atoms. The molecule has 0 saturated carbocycles. The Bertz CT molecular complexity index is 807. The van der Waals surface area contributed by atoms with Crippen molar-refractivity contribution < 1.29 is 13.9 Å². The van der Waals surface area contributed by atoms with Crippen molar-refractivity contribution in [3.63, 3.8) is 0 Å². The number of methoxy groups -OCH3 is 1. The lowest BCUT2D eigenvalue weighted by Gasteiger charge is -2.02. The van der Waals surface area contributed by atoms with Crippen LogP contribution in [0.1, 0.15) is 11.6 Å². The molecule has 3 rings (SSSR count). The lowest BCUT2D eigenvalue weighted by atomic mass is 10.4. The van der Waals surface area contributed by atoms with Crippen LogP contribution in [0.4, 0.5) is 0 Å². The van der Waals surface area contributed by atoms with E-state index in [4.69, 9.17) is 9.15 Å². The van der Waals surface area contributed by atoms with E-state index in [1.807, 2.05) is 0 Å². The topological polar surface area (TPSA) is 94.6 Å². The van der Waals surface area contributed by atoms with Crippen molar-refractivity contribution in [3.05, 3.63) is 48.2 Å². The molecule has 0 aliphatic rings. The Morgan fingerprint density at radius 1 is 1.41 bits per heavy atom. The van der Waals surface area contributed by atoms with E-state index in [0.717, 1.165) is 0 Å². The first-order valence-corrected chi connectivity index (χ1v) is 6.51. The van der Waals surface area contributed by atoms with E-state index in [1.165, 1.54) is 17.7 Å². The van der Waals surface area contributed by atoms with Crippen molar-refractivity contribution in [1.82, 2.24) is 25.1 Å². The molecule has 0 bridgehead atoms. The number of nitrogens with one attached hydrogen (secondary N) is 1. The van der Waals surface area contributed by atoms with E-state index in [-0.39, 0.29) is 12.5 Å². The second-order valence-electron chi connectivity index (χ2n) is 4.33. The molecule has 0 aromatic carbocycles. The van der Waals surface area contributed by atoms with Gasteiger partial charge < -0.3 is 14.5 Å². The normalized spacial score (nSPS) is 11.1. The number of hydrogen-bond acceptors (Lipinski definition) is 6. The van der Waals surface area contributed by atoms with Crippen LogP contribution in [-0.2, 0) is 11.3 Å². The van der Waals surface area contributed by atoms with Gasteiger partial charge in [0.15, 0.2) is 11.5 Å². The van der Waals surface area contributed by atoms with Gasteiger partial charge in [-0.05, 0) is 24.3 Å². The fourth-order valence-corrected chi connectivity index (χ4v) is 1.80. The van der Waals surface area contributed by atoms with Gasteiger partial charge in [0.05, 0.1) is 19.9 Å². The molecule has 0 aliphatic heterocycles. The Labute approximate surface area is 125 Å². The van der Waals surface area contributed by atoms with E-state index in [1.54, 1.807) is 36.6 Å². The second-order valence-corrected chi connectivity index (χ2v) is 4.33. The van der Waals surface area contributed by atoms with E-state index >= 15 is 0 Å². The average molecular weight is 299 g/mol. The smallest absolute Gasteiger partial charge is 0.244 e. The Kier molecular flexibility index (Phi) is 3.82. The van der Waals surface area contributed by atoms with Crippen molar-refractivity contribution in [3.8, 4) is 5.88 Å². The maximum atomic E-state index is 11.8. The number of aromatic nitrogens is 4. The fourth-order valence-electron chi connectivity index (χ4n) is 1.80. The summed E-state index contributed by atoms with van der Waals surface area (Å²) in [5.74, 6) is 1.29. The first kappa shape index (κ1) is 13.8. The van der Waals surface area contributed by atoms with Crippen molar-refractivity contribution >= 4 is 17.6 Å². The third-order valence-electron chi connectivity index (χ3n) is 2.87. The van der Waals surface area contributed by atoms with Crippen LogP contribution < -0.4 is 10.1 Å². The van der Waals surface area contributed by atoms with Gasteiger partial charge in [0, 0.05) is 12.1 Å². The van der Waals surface area contributed by atoms with Crippen LogP contribution in [0.2, 0.25) is 0 Å². The summed E-state index contributed by atoms with van der Waals surface area (Å²) in [6.45, 7) is 0.197. The van der Waals surface area contributed by atoms with Crippen molar-refractivity contribution in [2.45, 2.75) is 6.54 Å². The zero-order chi connectivity index (χ0) is 15.4. The summed E-state index contributed by atoms with van der Waals surface area (Å²) in [5, 5.41) is 14.9. The molecule has 3 aromatic heterocycles. The number of carbonyl (C=O) groups is 1. The number of nitrogens with zero attached hydrogens (tertiary/aromatic N) is 4. The predicted molar refractivity (Wildman–Crippen MR) is 76.9 cm³/mol. The summed E-state index contributed by atoms with van der Waals surface area (Å²) >= 11 is 0. The Balaban J connectivity index is 1.67. The van der Waals surface area contributed by atoms with Crippen LogP contribution in [0, 0.1) is 0 Å². The second kappa shape index (κ2) is 6.08. The van der Waals surface area contributed by atoms with E-state index < -0.39 is 0 Å². The minimum Gasteiger partial charge on any atom is -0.480 e. The van der Waals surface area contributed by atoms with Crippen molar-refractivity contribution in [1.29, 1.82) is 0 Å². The van der Waals surface area contributed by atoms with Crippen LogP contribution in [-0.4, -0.2) is 32.8 Å². The minimum atomic E-state index is -0.268. The number of rotatable bonds is 5. The SMILES string of the molecule is COc1ccc2nnc(CNC(=O)C=Cc3ccco3)n2n1. The van der Waals surface area contributed by atoms with Gasteiger partial charge in [0.1, 0.15) is 5.76 Å². The van der Waals surface area contributed by atoms with Crippen LogP contribution in [0.15, 0.2) is 41.0 Å². The largest absolute Gasteiger partial charge is 0.480 e. The molecule has 8 heteroatoms. The number of amides is 1. The van der Waals surface area contributed by atoms with Crippen LogP contribution in [0.5, 0.6) is 5.88 Å². The lowest BCUT2D eigenvalue weighted by molar-refractivity contribution is -0.116. The Hall–Kier alpha value is -3.16. The Morgan fingerprint density at radius 2 is 2.32 bits per heavy atom. The predicted octanol–water partition coefficient (Wildman–Crippen LogP) is 1.06. The number of ether oxygens (including phenoxy) is 1. The van der Waals surface area contributed by atoms with Gasteiger partial charge in [-0.15, -0.1) is 15.3 Å². The quantitative estimate of drug-likeness (QED) is 0.708. The third kappa shape index (κ3) is 2.95. The van der Waals surface area contributed by atoms with Gasteiger partial charge in [-0.2, -0.15) is 4.52 Å². The Morgan fingerprint density at radius 3 is 3.09 bits per heavy atom. The highest BCUT2D eigenvalue weighted by molar-refractivity contribution is 5.91. The van der Waals surface area contributed by atoms with Crippen molar-refractivity contribution in [2.75, 3.05) is 7.11 Å². The molecule has 0 saturated heterocycles. The fraction of sp³-hybridized carbons (Fsp3) is 0.143. The zero-order valence-electron chi connectivity index (χ0n) is 11.8. The summed E-state index contributed by atoms with van der Waals surface area (Å²) < 4.78 is 11.7. The third-order valence-corrected chi connectivity index (χ3v) is 2.87. The van der Waals surface area contributed by atoms with Crippen LogP contribution in [0.25, 0.3) is 11.7 Å². The number of fused-ring (bicyclic) bond motifs is 1. The standard InChI is InChI=1S/C14H13N5O3/c1-21-14-7-5-11-16-17-12(19(11)18-14)9-15-13(20)6-4-10-3-2-8-22-10/h2-8H,9H2,1H3,(H,15,20). The molecule has 0 unspecified atom stereocenters. The molecule has 0 spiro atoms. The highest BCUT2D eigenvalue weighted by Crippen LogP contribution is 2.08. The molecule has 3 heterocycles. The molecule has 1 N–H and O–H groups in total. The number of hydrogen-bond donors (Lipinski definition) is 1. The molecule has 8 nitrogen and oxygen atoms in total. The van der Waals surface area contributed by atoms with Gasteiger partial charge in [-0.25, -0.2) is 0 Å². The van der Waals surface area contributed by atoms with Gasteiger partial charge in [0.2, 0.25) is 11.8 Å².